The summed E-state index contributed by atoms with van der Waals surface area (Å²) >= 11 is 1.53. The number of aliphatic hydroxyl groups is 1. The van der Waals surface area contributed by atoms with E-state index in [4.69, 9.17) is 10.5 Å². The van der Waals surface area contributed by atoms with Gasteiger partial charge in [0.05, 0.1) is 12.1 Å². The predicted molar refractivity (Wildman–Crippen MR) is 108 cm³/mol. The van der Waals surface area contributed by atoms with E-state index in [1.165, 1.54) is 11.8 Å². The van der Waals surface area contributed by atoms with Crippen LogP contribution in [0.2, 0.25) is 0 Å². The minimum absolute atomic E-state index is 0.152. The lowest BCUT2D eigenvalue weighted by Crippen LogP contribution is -2.57. The summed E-state index contributed by atoms with van der Waals surface area (Å²) in [5.74, 6) is 0.441. The molecule has 0 aromatic carbocycles. The number of carboxylic acid groups (broad SMARTS) is 1. The first-order chi connectivity index (χ1) is 12.7. The van der Waals surface area contributed by atoms with Crippen molar-refractivity contribution in [2.75, 3.05) is 5.75 Å². The fourth-order valence-electron chi connectivity index (χ4n) is 3.24. The summed E-state index contributed by atoms with van der Waals surface area (Å²) in [7, 11) is 0. The molecule has 0 spiro atoms. The molecule has 2 atom stereocenters. The van der Waals surface area contributed by atoms with Crippen molar-refractivity contribution in [3.8, 4) is 5.75 Å². The van der Waals surface area contributed by atoms with Crippen LogP contribution >= 0.6 is 11.8 Å². The van der Waals surface area contributed by atoms with E-state index in [0.717, 1.165) is 31.6 Å². The van der Waals surface area contributed by atoms with Gasteiger partial charge in [0.2, 0.25) is 0 Å². The number of nitrogens with zero attached hydrogens (tertiary/aromatic N) is 1. The van der Waals surface area contributed by atoms with Gasteiger partial charge in [-0.3, -0.25) is 4.98 Å². The third-order valence-electron chi connectivity index (χ3n) is 5.10. The maximum atomic E-state index is 11.7. The summed E-state index contributed by atoms with van der Waals surface area (Å²) in [5, 5.41) is 20.6. The molecule has 152 valence electrons. The zero-order valence-corrected chi connectivity index (χ0v) is 17.2. The average molecular weight is 397 g/mol. The standard InChI is InChI=1S/C20H32N2O4S/c1-13(2)27-12-18(21)20(25,19(23)24)11-15-10-17(8-9-22-15)26-16-6-4-14(3)5-7-16/h8-10,13-14,16,18,25H,4-7,11-12,21H2,1-3H3,(H,23,24)/t14-,16-,18-,20+/m0/s1. The van der Waals surface area contributed by atoms with Crippen LogP contribution in [0.3, 0.4) is 0 Å². The van der Waals surface area contributed by atoms with E-state index in [9.17, 15) is 15.0 Å². The van der Waals surface area contributed by atoms with Crippen molar-refractivity contribution in [2.45, 2.75) is 75.9 Å². The molecule has 7 heteroatoms. The predicted octanol–water partition coefficient (Wildman–Crippen LogP) is 2.87. The Kier molecular flexibility index (Phi) is 7.94. The number of nitrogens with two attached hydrogens (primary N) is 1. The highest BCUT2D eigenvalue weighted by atomic mass is 32.2. The molecule has 1 aliphatic carbocycles. The van der Waals surface area contributed by atoms with Gasteiger partial charge in [-0.1, -0.05) is 20.8 Å². The van der Waals surface area contributed by atoms with Gasteiger partial charge in [-0.05, 0) is 42.9 Å². The summed E-state index contributed by atoms with van der Waals surface area (Å²) in [6.45, 7) is 6.27. The minimum Gasteiger partial charge on any atom is -0.490 e. The Morgan fingerprint density at radius 1 is 1.41 bits per heavy atom. The summed E-state index contributed by atoms with van der Waals surface area (Å²) in [5.41, 5.74) is 4.44. The molecule has 6 nitrogen and oxygen atoms in total. The molecule has 4 N–H and O–H groups in total. The van der Waals surface area contributed by atoms with Gasteiger partial charge < -0.3 is 20.7 Å². The molecular weight excluding hydrogens is 364 g/mol. The van der Waals surface area contributed by atoms with E-state index in [1.54, 1.807) is 18.3 Å². The van der Waals surface area contributed by atoms with Gasteiger partial charge in [0.25, 0.3) is 0 Å². The summed E-state index contributed by atoms with van der Waals surface area (Å²) in [6.07, 6.45) is 5.98. The second kappa shape index (κ2) is 9.75. The van der Waals surface area contributed by atoms with Gasteiger partial charge in [-0.15, -0.1) is 0 Å². The molecule has 1 fully saturated rings. The molecule has 1 aromatic rings. The molecular formula is C20H32N2O4S. The van der Waals surface area contributed by atoms with Gasteiger partial charge in [0.15, 0.2) is 5.60 Å². The number of aliphatic carboxylic acids is 1. The molecule has 1 aliphatic rings. The van der Waals surface area contributed by atoms with Gasteiger partial charge in [0.1, 0.15) is 5.75 Å². The summed E-state index contributed by atoms with van der Waals surface area (Å²) < 4.78 is 6.05. The smallest absolute Gasteiger partial charge is 0.337 e. The molecule has 1 heterocycles. The van der Waals surface area contributed by atoms with Gasteiger partial charge in [0, 0.05) is 30.1 Å². The maximum absolute atomic E-state index is 11.7. The second-order valence-corrected chi connectivity index (χ2v) is 9.49. The van der Waals surface area contributed by atoms with Crippen molar-refractivity contribution in [1.29, 1.82) is 0 Å². The number of pyridine rings is 1. The maximum Gasteiger partial charge on any atom is 0.337 e. The van der Waals surface area contributed by atoms with Crippen LogP contribution in [0.1, 0.15) is 52.1 Å². The Balaban J connectivity index is 2.06. The van der Waals surface area contributed by atoms with Crippen LogP contribution in [0.15, 0.2) is 18.3 Å². The average Bonchev–Trinajstić information content (AvgIpc) is 2.61. The largest absolute Gasteiger partial charge is 0.490 e. The van der Waals surface area contributed by atoms with Crippen LogP contribution in [-0.2, 0) is 11.2 Å². The van der Waals surface area contributed by atoms with E-state index in [-0.39, 0.29) is 12.5 Å². The van der Waals surface area contributed by atoms with Crippen molar-refractivity contribution >= 4 is 17.7 Å². The monoisotopic (exact) mass is 396 g/mol. The van der Waals surface area contributed by atoms with Crippen LogP contribution in [0.4, 0.5) is 0 Å². The van der Waals surface area contributed by atoms with Crippen LogP contribution < -0.4 is 10.5 Å². The lowest BCUT2D eigenvalue weighted by atomic mass is 9.89. The lowest BCUT2D eigenvalue weighted by Gasteiger charge is -2.30. The molecule has 0 aliphatic heterocycles. The summed E-state index contributed by atoms with van der Waals surface area (Å²) in [4.78, 5) is 16.0. The van der Waals surface area contributed by atoms with Gasteiger partial charge in [-0.25, -0.2) is 4.79 Å². The molecule has 2 rings (SSSR count). The Bertz CT molecular complexity index is 620. The number of thioether (sulfide) groups is 1. The second-order valence-electron chi connectivity index (χ2n) is 7.88. The topological polar surface area (TPSA) is 106 Å². The fourth-order valence-corrected chi connectivity index (χ4v) is 4.11. The van der Waals surface area contributed by atoms with Crippen molar-refractivity contribution in [3.63, 3.8) is 0 Å². The highest BCUT2D eigenvalue weighted by Gasteiger charge is 2.43. The quantitative estimate of drug-likeness (QED) is 0.589. The molecule has 0 saturated heterocycles. The molecule has 0 radical (unpaired) electrons. The van der Waals surface area contributed by atoms with Gasteiger partial charge in [-0.2, -0.15) is 11.8 Å². The number of carboxylic acids is 1. The summed E-state index contributed by atoms with van der Waals surface area (Å²) in [6, 6.07) is 2.60. The van der Waals surface area contributed by atoms with Crippen molar-refractivity contribution in [1.82, 2.24) is 4.98 Å². The third kappa shape index (κ3) is 6.36. The normalized spacial score (nSPS) is 23.6. The van der Waals surface area contributed by atoms with Crippen molar-refractivity contribution in [3.05, 3.63) is 24.0 Å². The lowest BCUT2D eigenvalue weighted by molar-refractivity contribution is -0.160. The number of ether oxygens (including phenoxy) is 1. The first-order valence-corrected chi connectivity index (χ1v) is 10.7. The van der Waals surface area contributed by atoms with Crippen molar-refractivity contribution in [2.24, 2.45) is 11.7 Å². The molecule has 1 aromatic heterocycles. The molecule has 0 bridgehead atoms. The van der Waals surface area contributed by atoms with Crippen molar-refractivity contribution < 1.29 is 19.7 Å². The number of hydrogen-bond acceptors (Lipinski definition) is 6. The highest BCUT2D eigenvalue weighted by molar-refractivity contribution is 7.99. The minimum atomic E-state index is -2.06. The number of aromatic nitrogens is 1. The van der Waals surface area contributed by atoms with Gasteiger partial charge >= 0.3 is 5.97 Å². The zero-order valence-electron chi connectivity index (χ0n) is 16.4. The molecule has 0 amide bonds. The van der Waals surface area contributed by atoms with Crippen LogP contribution in [0.5, 0.6) is 5.75 Å². The molecule has 1 saturated carbocycles. The number of hydrogen-bond donors (Lipinski definition) is 3. The molecule has 27 heavy (non-hydrogen) atoms. The Hall–Kier alpha value is -1.31. The Labute approximate surface area is 165 Å². The Morgan fingerprint density at radius 2 is 2.07 bits per heavy atom. The van der Waals surface area contributed by atoms with E-state index >= 15 is 0 Å². The third-order valence-corrected chi connectivity index (χ3v) is 6.32. The van der Waals surface area contributed by atoms with E-state index < -0.39 is 17.6 Å². The Morgan fingerprint density at radius 3 is 2.67 bits per heavy atom. The van der Waals surface area contributed by atoms with E-state index in [0.29, 0.717) is 22.4 Å². The van der Waals surface area contributed by atoms with E-state index in [2.05, 4.69) is 11.9 Å². The van der Waals surface area contributed by atoms with Crippen LogP contribution in [0.25, 0.3) is 0 Å². The first-order valence-electron chi connectivity index (χ1n) is 9.65. The van der Waals surface area contributed by atoms with E-state index in [1.807, 2.05) is 13.8 Å². The molecule has 0 unspecified atom stereocenters. The number of carbonyl (C=O) groups is 1. The zero-order chi connectivity index (χ0) is 20.0. The number of rotatable bonds is 9. The highest BCUT2D eigenvalue weighted by Crippen LogP contribution is 2.28. The first kappa shape index (κ1) is 22.0. The SMILES string of the molecule is CC(C)SC[C@H](N)[C@](O)(Cc1cc(O[C@H]2CC[C@H](C)CC2)ccn1)C(=O)O. The fraction of sp³-hybridized carbons (Fsp3) is 0.700. The van der Waals surface area contributed by atoms with Crippen LogP contribution in [-0.4, -0.2) is 49.9 Å². The van der Waals surface area contributed by atoms with Crippen LogP contribution in [0, 0.1) is 5.92 Å².